The highest BCUT2D eigenvalue weighted by Crippen LogP contribution is 2.48. The molecule has 0 aromatic heterocycles. The van der Waals surface area contributed by atoms with Gasteiger partial charge in [0.2, 0.25) is 0 Å². The fourth-order valence-corrected chi connectivity index (χ4v) is 3.19. The zero-order chi connectivity index (χ0) is 13.8. The van der Waals surface area contributed by atoms with Gasteiger partial charge in [-0.25, -0.2) is 0 Å². The van der Waals surface area contributed by atoms with Crippen LogP contribution in [0.5, 0.6) is 5.75 Å². The Labute approximate surface area is 112 Å². The number of benzene rings is 1. The molecule has 1 aliphatic rings. The van der Waals surface area contributed by atoms with E-state index in [0.29, 0.717) is 11.8 Å². The summed E-state index contributed by atoms with van der Waals surface area (Å²) >= 11 is 0. The summed E-state index contributed by atoms with van der Waals surface area (Å²) in [5.74, 6) is 2.23. The monoisotopic (exact) mass is 246 g/mol. The fraction of sp³-hybridized carbons (Fsp3) is 0.647. The van der Waals surface area contributed by atoms with E-state index in [4.69, 9.17) is 4.74 Å². The number of hydrogen-bond acceptors (Lipinski definition) is 1. The van der Waals surface area contributed by atoms with Crippen molar-refractivity contribution < 1.29 is 4.74 Å². The number of fused-ring (bicyclic) bond motifs is 1. The van der Waals surface area contributed by atoms with Crippen LogP contribution in [0.3, 0.4) is 0 Å². The maximum atomic E-state index is 6.35. The first-order valence-corrected chi connectivity index (χ1v) is 6.97. The van der Waals surface area contributed by atoms with Crippen LogP contribution in [0.25, 0.3) is 0 Å². The zero-order valence-corrected chi connectivity index (χ0v) is 13.1. The van der Waals surface area contributed by atoms with Gasteiger partial charge in [-0.2, -0.15) is 0 Å². The lowest BCUT2D eigenvalue weighted by molar-refractivity contribution is 0.0211. The first-order valence-electron chi connectivity index (χ1n) is 6.97. The Morgan fingerprint density at radius 1 is 0.833 bits per heavy atom. The quantitative estimate of drug-likeness (QED) is 0.637. The molecule has 0 N–H and O–H groups in total. The van der Waals surface area contributed by atoms with Crippen LogP contribution in [0.1, 0.15) is 61.4 Å². The molecule has 0 saturated carbocycles. The molecule has 1 heterocycles. The van der Waals surface area contributed by atoms with Gasteiger partial charge < -0.3 is 4.74 Å². The number of rotatable bonds is 0. The lowest BCUT2D eigenvalue weighted by atomic mass is 9.73. The molecule has 0 spiro atoms. The number of ether oxygens (including phenoxy) is 1. The standard InChI is InChI=1S/C17H26O/c1-9-10(2)12(4)16-15(11(9)3)13(5)14(6)17(7,8)18-16/h13-14H,1-8H3. The molecule has 0 bridgehead atoms. The van der Waals surface area contributed by atoms with E-state index in [0.717, 1.165) is 5.75 Å². The highest BCUT2D eigenvalue weighted by Gasteiger charge is 2.40. The Hall–Kier alpha value is -0.980. The summed E-state index contributed by atoms with van der Waals surface area (Å²) < 4.78 is 6.35. The van der Waals surface area contributed by atoms with E-state index < -0.39 is 0 Å². The molecular weight excluding hydrogens is 220 g/mol. The second kappa shape index (κ2) is 4.01. The predicted molar refractivity (Wildman–Crippen MR) is 77.7 cm³/mol. The van der Waals surface area contributed by atoms with Crippen molar-refractivity contribution in [1.29, 1.82) is 0 Å². The van der Waals surface area contributed by atoms with Crippen LogP contribution >= 0.6 is 0 Å². The number of hydrogen-bond donors (Lipinski definition) is 0. The van der Waals surface area contributed by atoms with Crippen LogP contribution in [0.15, 0.2) is 0 Å². The van der Waals surface area contributed by atoms with Gasteiger partial charge >= 0.3 is 0 Å². The van der Waals surface area contributed by atoms with Crippen LogP contribution in [-0.2, 0) is 0 Å². The topological polar surface area (TPSA) is 9.23 Å². The highest BCUT2D eigenvalue weighted by molar-refractivity contribution is 5.56. The summed E-state index contributed by atoms with van der Waals surface area (Å²) in [4.78, 5) is 0. The maximum absolute atomic E-state index is 6.35. The summed E-state index contributed by atoms with van der Waals surface area (Å²) in [6.07, 6.45) is 0. The fourth-order valence-electron chi connectivity index (χ4n) is 3.19. The smallest absolute Gasteiger partial charge is 0.127 e. The Bertz CT molecular complexity index is 497. The minimum Gasteiger partial charge on any atom is -0.487 e. The van der Waals surface area contributed by atoms with Crippen molar-refractivity contribution in [1.82, 2.24) is 0 Å². The van der Waals surface area contributed by atoms with Crippen LogP contribution in [0.2, 0.25) is 0 Å². The zero-order valence-electron chi connectivity index (χ0n) is 13.1. The summed E-state index contributed by atoms with van der Waals surface area (Å²) in [5.41, 5.74) is 6.90. The molecule has 1 heteroatoms. The Balaban J connectivity index is 2.76. The minimum absolute atomic E-state index is 0.0781. The summed E-state index contributed by atoms with van der Waals surface area (Å²) in [6, 6.07) is 0. The molecule has 2 atom stereocenters. The molecule has 18 heavy (non-hydrogen) atoms. The highest BCUT2D eigenvalue weighted by atomic mass is 16.5. The van der Waals surface area contributed by atoms with E-state index >= 15 is 0 Å². The third-order valence-corrected chi connectivity index (χ3v) is 5.34. The molecule has 2 rings (SSSR count). The summed E-state index contributed by atoms with van der Waals surface area (Å²) in [6.45, 7) is 17.9. The van der Waals surface area contributed by atoms with Crippen LogP contribution in [0.4, 0.5) is 0 Å². The molecule has 1 aromatic rings. The van der Waals surface area contributed by atoms with Gasteiger partial charge in [-0.3, -0.25) is 0 Å². The average Bonchev–Trinajstić information content (AvgIpc) is 2.30. The second-order valence-corrected chi connectivity index (χ2v) is 6.53. The Morgan fingerprint density at radius 2 is 1.33 bits per heavy atom. The van der Waals surface area contributed by atoms with E-state index in [-0.39, 0.29) is 5.60 Å². The van der Waals surface area contributed by atoms with Crippen molar-refractivity contribution >= 4 is 0 Å². The van der Waals surface area contributed by atoms with Crippen LogP contribution < -0.4 is 4.74 Å². The first kappa shape index (κ1) is 13.5. The molecule has 1 aliphatic heterocycles. The Morgan fingerprint density at radius 3 is 1.89 bits per heavy atom. The van der Waals surface area contributed by atoms with Crippen molar-refractivity contribution in [2.75, 3.05) is 0 Å². The molecule has 1 nitrogen and oxygen atoms in total. The second-order valence-electron chi connectivity index (χ2n) is 6.53. The van der Waals surface area contributed by atoms with Crippen molar-refractivity contribution in [2.24, 2.45) is 5.92 Å². The van der Waals surface area contributed by atoms with Crippen LogP contribution in [-0.4, -0.2) is 5.60 Å². The van der Waals surface area contributed by atoms with Gasteiger partial charge in [-0.15, -0.1) is 0 Å². The average molecular weight is 246 g/mol. The van der Waals surface area contributed by atoms with E-state index in [1.54, 1.807) is 0 Å². The van der Waals surface area contributed by atoms with Crippen molar-refractivity contribution in [3.63, 3.8) is 0 Å². The van der Waals surface area contributed by atoms with Crippen molar-refractivity contribution in [3.8, 4) is 5.75 Å². The van der Waals surface area contributed by atoms with Gasteiger partial charge in [0, 0.05) is 11.5 Å². The van der Waals surface area contributed by atoms with Gasteiger partial charge in [-0.1, -0.05) is 13.8 Å². The van der Waals surface area contributed by atoms with E-state index in [9.17, 15) is 0 Å². The molecule has 1 aromatic carbocycles. The lowest BCUT2D eigenvalue weighted by Crippen LogP contribution is -2.43. The normalized spacial score (nSPS) is 25.6. The molecule has 100 valence electrons. The molecular formula is C17H26O. The lowest BCUT2D eigenvalue weighted by Gasteiger charge is -2.44. The predicted octanol–water partition coefficient (Wildman–Crippen LogP) is 4.83. The largest absolute Gasteiger partial charge is 0.487 e. The minimum atomic E-state index is -0.0781. The van der Waals surface area contributed by atoms with E-state index in [2.05, 4.69) is 55.4 Å². The Kier molecular flexibility index (Phi) is 3.00. The molecule has 0 aliphatic carbocycles. The third kappa shape index (κ3) is 1.67. The van der Waals surface area contributed by atoms with Crippen molar-refractivity contribution in [2.45, 2.75) is 66.9 Å². The van der Waals surface area contributed by atoms with Crippen molar-refractivity contribution in [3.05, 3.63) is 27.8 Å². The first-order chi connectivity index (χ1) is 8.18. The molecule has 0 fully saturated rings. The third-order valence-electron chi connectivity index (χ3n) is 5.34. The van der Waals surface area contributed by atoms with Gasteiger partial charge in [0.1, 0.15) is 11.4 Å². The van der Waals surface area contributed by atoms with Gasteiger partial charge in [0.05, 0.1) is 0 Å². The SMILES string of the molecule is Cc1c(C)c(C)c2c(c1C)OC(C)(C)C(C)C2C. The van der Waals surface area contributed by atoms with Gasteiger partial charge in [0.15, 0.2) is 0 Å². The van der Waals surface area contributed by atoms with E-state index in [1.807, 2.05) is 0 Å². The molecule has 2 unspecified atom stereocenters. The van der Waals surface area contributed by atoms with Gasteiger partial charge in [0.25, 0.3) is 0 Å². The van der Waals surface area contributed by atoms with E-state index in [1.165, 1.54) is 27.8 Å². The van der Waals surface area contributed by atoms with Crippen LogP contribution in [0, 0.1) is 33.6 Å². The molecule has 0 saturated heterocycles. The van der Waals surface area contributed by atoms with Gasteiger partial charge in [-0.05, 0) is 69.7 Å². The molecule has 0 amide bonds. The maximum Gasteiger partial charge on any atom is 0.127 e. The molecule has 0 radical (unpaired) electrons. The summed E-state index contributed by atoms with van der Waals surface area (Å²) in [7, 11) is 0. The summed E-state index contributed by atoms with van der Waals surface area (Å²) in [5, 5.41) is 0.